The Morgan fingerprint density at radius 3 is 2.15 bits per heavy atom. The van der Waals surface area contributed by atoms with Gasteiger partial charge in [0.05, 0.1) is 21.6 Å². The van der Waals surface area contributed by atoms with Gasteiger partial charge in [-0.2, -0.15) is 18.3 Å². The third-order valence-electron chi connectivity index (χ3n) is 3.19. The molecule has 2 N–H and O–H groups in total. The Morgan fingerprint density at radius 1 is 1.11 bits per heavy atom. The molecule has 0 heterocycles. The summed E-state index contributed by atoms with van der Waals surface area (Å²) >= 11 is 3.14. The fourth-order valence-electron chi connectivity index (χ4n) is 1.97. The lowest BCUT2D eigenvalue weighted by Gasteiger charge is -2.09. The van der Waals surface area contributed by atoms with Crippen LogP contribution in [-0.4, -0.2) is 21.2 Å². The number of rotatable bonds is 5. The number of hydrazone groups is 1. The maximum Gasteiger partial charge on any atom is 0.416 e. The van der Waals surface area contributed by atoms with E-state index in [-0.39, 0.29) is 23.4 Å². The number of aromatic hydroxyl groups is 1. The first-order valence-electron chi connectivity index (χ1n) is 6.82. The quantitative estimate of drug-likeness (QED) is 0.394. The van der Waals surface area contributed by atoms with Crippen molar-refractivity contribution in [2.45, 2.75) is 6.18 Å². The molecule has 0 saturated carbocycles. The van der Waals surface area contributed by atoms with Gasteiger partial charge < -0.3 is 5.11 Å². The molecular weight excluding hydrogens is 441 g/mol. The Balaban J connectivity index is 2.51. The normalized spacial score (nSPS) is 11.6. The lowest BCUT2D eigenvalue weighted by Crippen LogP contribution is -2.09. The fourth-order valence-corrected chi connectivity index (χ4v) is 2.35. The third kappa shape index (κ3) is 4.69. The first-order valence-corrected chi connectivity index (χ1v) is 7.61. The van der Waals surface area contributed by atoms with Crippen LogP contribution in [0.2, 0.25) is 0 Å². The zero-order valence-corrected chi connectivity index (χ0v) is 14.5. The van der Waals surface area contributed by atoms with Crippen LogP contribution >= 0.6 is 15.9 Å². The second kappa shape index (κ2) is 7.57. The minimum atomic E-state index is -5.01. The number of nitro benzene ring substituents is 2. The SMILES string of the molecule is O=[N+]([O-])c1cc(C(F)(F)F)cc([N+](=O)[O-])c1N/N=C/c1cc(Br)ccc1O. The van der Waals surface area contributed by atoms with Gasteiger partial charge in [-0.25, -0.2) is 0 Å². The van der Waals surface area contributed by atoms with Crippen molar-refractivity contribution in [2.24, 2.45) is 5.10 Å². The lowest BCUT2D eigenvalue weighted by molar-refractivity contribution is -0.392. The third-order valence-corrected chi connectivity index (χ3v) is 3.68. The number of alkyl halides is 3. The second-order valence-electron chi connectivity index (χ2n) is 4.97. The highest BCUT2D eigenvalue weighted by Gasteiger charge is 2.37. The number of benzene rings is 2. The van der Waals surface area contributed by atoms with Crippen LogP contribution in [0.25, 0.3) is 0 Å². The van der Waals surface area contributed by atoms with Crippen LogP contribution in [0.4, 0.5) is 30.2 Å². The smallest absolute Gasteiger partial charge is 0.416 e. The van der Waals surface area contributed by atoms with Gasteiger partial charge >= 0.3 is 17.6 Å². The lowest BCUT2D eigenvalue weighted by atomic mass is 10.1. The van der Waals surface area contributed by atoms with Gasteiger partial charge in [-0.15, -0.1) is 0 Å². The van der Waals surface area contributed by atoms with Crippen LogP contribution < -0.4 is 5.43 Å². The summed E-state index contributed by atoms with van der Waals surface area (Å²) < 4.78 is 39.1. The number of halogens is 4. The van der Waals surface area contributed by atoms with Gasteiger partial charge in [0.25, 0.3) is 0 Å². The van der Waals surface area contributed by atoms with Crippen molar-refractivity contribution in [1.82, 2.24) is 0 Å². The molecule has 0 radical (unpaired) electrons. The number of phenolic OH excluding ortho intramolecular Hbond substituents is 1. The van der Waals surface area contributed by atoms with E-state index in [0.29, 0.717) is 4.47 Å². The van der Waals surface area contributed by atoms with Crippen LogP contribution in [0.15, 0.2) is 39.9 Å². The van der Waals surface area contributed by atoms with Gasteiger partial charge in [0.15, 0.2) is 0 Å². The number of nitrogens with one attached hydrogen (secondary N) is 1. The van der Waals surface area contributed by atoms with Crippen LogP contribution in [0.1, 0.15) is 11.1 Å². The highest BCUT2D eigenvalue weighted by atomic mass is 79.9. The first kappa shape index (κ1) is 20.1. The molecular formula is C14H8BrF3N4O5. The van der Waals surface area contributed by atoms with Crippen molar-refractivity contribution in [2.75, 3.05) is 5.43 Å². The highest BCUT2D eigenvalue weighted by Crippen LogP contribution is 2.41. The average molecular weight is 449 g/mol. The summed E-state index contributed by atoms with van der Waals surface area (Å²) in [7, 11) is 0. The number of nitro groups is 2. The number of nitrogens with zero attached hydrogens (tertiary/aromatic N) is 3. The van der Waals surface area contributed by atoms with Crippen molar-refractivity contribution in [3.63, 3.8) is 0 Å². The van der Waals surface area contributed by atoms with E-state index in [4.69, 9.17) is 0 Å². The van der Waals surface area contributed by atoms with Gasteiger partial charge in [-0.1, -0.05) is 15.9 Å². The fraction of sp³-hybridized carbons (Fsp3) is 0.0714. The predicted molar refractivity (Wildman–Crippen MR) is 91.8 cm³/mol. The molecule has 0 aliphatic rings. The maximum atomic E-state index is 12.8. The molecule has 2 aromatic carbocycles. The summed E-state index contributed by atoms with van der Waals surface area (Å²) in [5.41, 5.74) is -2.56. The topological polar surface area (TPSA) is 131 Å². The molecule has 0 bridgehead atoms. The molecule has 0 spiro atoms. The Hall–Kier alpha value is -3.22. The van der Waals surface area contributed by atoms with Gasteiger partial charge in [0, 0.05) is 22.2 Å². The van der Waals surface area contributed by atoms with E-state index in [1.54, 1.807) is 0 Å². The molecule has 27 heavy (non-hydrogen) atoms. The Kier molecular flexibility index (Phi) is 5.64. The Bertz CT molecular complexity index is 914. The van der Waals surface area contributed by atoms with E-state index in [1.807, 2.05) is 5.43 Å². The molecule has 2 aromatic rings. The molecule has 0 amide bonds. The largest absolute Gasteiger partial charge is 0.507 e. The Labute approximate surface area is 156 Å². The van der Waals surface area contributed by atoms with E-state index >= 15 is 0 Å². The van der Waals surface area contributed by atoms with Crippen molar-refractivity contribution in [3.8, 4) is 5.75 Å². The minimum Gasteiger partial charge on any atom is -0.507 e. The number of hydrogen-bond donors (Lipinski definition) is 2. The van der Waals surface area contributed by atoms with E-state index in [9.17, 15) is 38.5 Å². The first-order chi connectivity index (χ1) is 12.5. The minimum absolute atomic E-state index is 0.147. The van der Waals surface area contributed by atoms with Gasteiger partial charge in [0.2, 0.25) is 5.69 Å². The second-order valence-corrected chi connectivity index (χ2v) is 5.89. The van der Waals surface area contributed by atoms with Gasteiger partial charge in [-0.3, -0.25) is 25.7 Å². The summed E-state index contributed by atoms with van der Waals surface area (Å²) in [6.45, 7) is 0. The van der Waals surface area contributed by atoms with Crippen LogP contribution in [0.5, 0.6) is 5.75 Å². The zero-order valence-electron chi connectivity index (χ0n) is 12.9. The molecule has 0 aliphatic heterocycles. The van der Waals surface area contributed by atoms with Crippen molar-refractivity contribution < 1.29 is 28.1 Å². The van der Waals surface area contributed by atoms with E-state index in [2.05, 4.69) is 21.0 Å². The van der Waals surface area contributed by atoms with E-state index in [0.717, 1.165) is 6.21 Å². The summed E-state index contributed by atoms with van der Waals surface area (Å²) in [4.78, 5) is 19.8. The molecule has 142 valence electrons. The summed E-state index contributed by atoms with van der Waals surface area (Å²) in [6, 6.07) is 4.60. The molecule has 13 heteroatoms. The molecule has 9 nitrogen and oxygen atoms in total. The van der Waals surface area contributed by atoms with Gasteiger partial charge in [-0.05, 0) is 18.2 Å². The maximum absolute atomic E-state index is 12.8. The van der Waals surface area contributed by atoms with E-state index < -0.39 is 38.6 Å². The summed E-state index contributed by atoms with van der Waals surface area (Å²) in [5.74, 6) is -0.208. The van der Waals surface area contributed by atoms with Crippen molar-refractivity contribution in [1.29, 1.82) is 0 Å². The number of phenols is 1. The summed E-state index contributed by atoms with van der Waals surface area (Å²) in [6.07, 6.45) is -4.02. The van der Waals surface area contributed by atoms with Crippen LogP contribution in [-0.2, 0) is 6.18 Å². The van der Waals surface area contributed by atoms with Crippen LogP contribution in [0, 0.1) is 20.2 Å². The van der Waals surface area contributed by atoms with Crippen LogP contribution in [0.3, 0.4) is 0 Å². The standard InChI is InChI=1S/C14H8BrF3N4O5/c15-9-1-2-12(23)7(3-9)6-19-20-13-10(21(24)25)4-8(14(16,17)18)5-11(13)22(26)27/h1-6,20,23H/b19-6+. The van der Waals surface area contributed by atoms with Crippen molar-refractivity contribution >= 4 is 39.2 Å². The number of anilines is 1. The molecule has 0 aromatic heterocycles. The zero-order chi connectivity index (χ0) is 20.4. The molecule has 0 saturated heterocycles. The summed E-state index contributed by atoms with van der Waals surface area (Å²) in [5, 5.41) is 35.4. The molecule has 2 rings (SSSR count). The monoisotopic (exact) mass is 448 g/mol. The number of hydrogen-bond acceptors (Lipinski definition) is 7. The molecule has 0 aliphatic carbocycles. The molecule has 0 unspecified atom stereocenters. The van der Waals surface area contributed by atoms with Crippen molar-refractivity contribution in [3.05, 3.63) is 66.2 Å². The predicted octanol–water partition coefficient (Wildman–Crippen LogP) is 4.44. The Morgan fingerprint density at radius 2 is 1.67 bits per heavy atom. The molecule has 0 atom stereocenters. The van der Waals surface area contributed by atoms with Gasteiger partial charge in [0.1, 0.15) is 5.75 Å². The van der Waals surface area contributed by atoms with E-state index in [1.165, 1.54) is 18.2 Å². The average Bonchev–Trinajstić information content (AvgIpc) is 2.56. The molecule has 0 fully saturated rings. The highest BCUT2D eigenvalue weighted by molar-refractivity contribution is 9.10.